The van der Waals surface area contributed by atoms with Gasteiger partial charge in [0, 0.05) is 50.2 Å². The highest BCUT2D eigenvalue weighted by molar-refractivity contribution is 6.28. The van der Waals surface area contributed by atoms with Crippen LogP contribution in [0.1, 0.15) is 12.0 Å². The van der Waals surface area contributed by atoms with E-state index in [-0.39, 0.29) is 5.28 Å². The third-order valence-electron chi connectivity index (χ3n) is 3.99. The Kier molecular flexibility index (Phi) is 3.28. The Hall–Kier alpha value is -1.40. The van der Waals surface area contributed by atoms with Crippen LogP contribution in [0, 0.1) is 5.92 Å². The van der Waals surface area contributed by atoms with E-state index < -0.39 is 6.09 Å². The van der Waals surface area contributed by atoms with Gasteiger partial charge in [0.15, 0.2) is 0 Å². The zero-order chi connectivity index (χ0) is 13.4. The second-order valence-electron chi connectivity index (χ2n) is 5.13. The summed E-state index contributed by atoms with van der Waals surface area (Å²) in [7, 11) is 0. The molecule has 2 atom stereocenters. The van der Waals surface area contributed by atoms with E-state index >= 15 is 0 Å². The van der Waals surface area contributed by atoms with Gasteiger partial charge < -0.3 is 10.0 Å². The number of amides is 1. The van der Waals surface area contributed by atoms with Crippen molar-refractivity contribution in [3.63, 3.8) is 0 Å². The summed E-state index contributed by atoms with van der Waals surface area (Å²) in [6, 6.07) is 0.334. The fourth-order valence-electron chi connectivity index (χ4n) is 2.92. The molecule has 1 aromatic rings. The number of carboxylic acid groups (broad SMARTS) is 1. The molecule has 2 aliphatic heterocycles. The van der Waals surface area contributed by atoms with Crippen LogP contribution >= 0.6 is 11.6 Å². The van der Waals surface area contributed by atoms with Gasteiger partial charge in [0.25, 0.3) is 0 Å². The van der Waals surface area contributed by atoms with Gasteiger partial charge in [-0.2, -0.15) is 0 Å². The summed E-state index contributed by atoms with van der Waals surface area (Å²) in [6.45, 7) is 3.05. The van der Waals surface area contributed by atoms with Crippen molar-refractivity contribution in [3.8, 4) is 0 Å². The maximum Gasteiger partial charge on any atom is 0.407 e. The van der Waals surface area contributed by atoms with Crippen LogP contribution in [0.5, 0.6) is 0 Å². The fourth-order valence-corrected chi connectivity index (χ4v) is 3.01. The summed E-state index contributed by atoms with van der Waals surface area (Å²) in [6.07, 6.45) is 3.59. The average molecular weight is 283 g/mol. The smallest absolute Gasteiger partial charge is 0.407 e. The second-order valence-corrected chi connectivity index (χ2v) is 5.47. The molecule has 1 amide bonds. The van der Waals surface area contributed by atoms with E-state index in [1.807, 2.05) is 0 Å². The lowest BCUT2D eigenvalue weighted by Crippen LogP contribution is -2.64. The zero-order valence-corrected chi connectivity index (χ0v) is 11.1. The van der Waals surface area contributed by atoms with E-state index in [4.69, 9.17) is 16.7 Å². The number of hydrogen-bond donors (Lipinski definition) is 1. The molecule has 1 aromatic heterocycles. The maximum atomic E-state index is 11.0. The lowest BCUT2D eigenvalue weighted by Gasteiger charge is -2.53. The van der Waals surface area contributed by atoms with Crippen molar-refractivity contribution in [1.29, 1.82) is 0 Å². The monoisotopic (exact) mass is 282 g/mol. The third kappa shape index (κ3) is 2.50. The molecule has 3 rings (SSSR count). The molecule has 2 aliphatic rings. The molecule has 2 fully saturated rings. The van der Waals surface area contributed by atoms with E-state index in [2.05, 4.69) is 14.9 Å². The van der Waals surface area contributed by atoms with Crippen molar-refractivity contribution in [2.45, 2.75) is 19.0 Å². The highest BCUT2D eigenvalue weighted by atomic mass is 35.5. The molecule has 3 heterocycles. The lowest BCUT2D eigenvalue weighted by molar-refractivity contribution is -0.0438. The van der Waals surface area contributed by atoms with Gasteiger partial charge in [-0.25, -0.2) is 14.8 Å². The Morgan fingerprint density at radius 3 is 2.84 bits per heavy atom. The largest absolute Gasteiger partial charge is 0.465 e. The van der Waals surface area contributed by atoms with Crippen LogP contribution in [0.2, 0.25) is 5.28 Å². The van der Waals surface area contributed by atoms with Gasteiger partial charge in [-0.05, 0) is 23.9 Å². The summed E-state index contributed by atoms with van der Waals surface area (Å²) in [5.41, 5.74) is 1.01. The van der Waals surface area contributed by atoms with Crippen LogP contribution in [0.15, 0.2) is 12.4 Å². The number of aromatic nitrogens is 2. The SMILES string of the molecule is O=C(O)N1CC[C@H]2CN(Cc3cnc(Cl)nc3)[C@H]2C1. The van der Waals surface area contributed by atoms with Gasteiger partial charge in [0.05, 0.1) is 0 Å². The summed E-state index contributed by atoms with van der Waals surface area (Å²) >= 11 is 5.65. The molecule has 2 saturated heterocycles. The Bertz CT molecular complexity index is 481. The van der Waals surface area contributed by atoms with Gasteiger partial charge in [0.2, 0.25) is 5.28 Å². The predicted molar refractivity (Wildman–Crippen MR) is 68.9 cm³/mol. The van der Waals surface area contributed by atoms with Gasteiger partial charge in [-0.3, -0.25) is 4.90 Å². The minimum atomic E-state index is -0.819. The Morgan fingerprint density at radius 1 is 1.42 bits per heavy atom. The molecule has 0 saturated carbocycles. The molecule has 102 valence electrons. The van der Waals surface area contributed by atoms with E-state index in [9.17, 15) is 4.79 Å². The van der Waals surface area contributed by atoms with Gasteiger partial charge in [-0.15, -0.1) is 0 Å². The molecular formula is C12H15ClN4O2. The normalized spacial score (nSPS) is 26.7. The van der Waals surface area contributed by atoms with Crippen LogP contribution in [-0.2, 0) is 6.54 Å². The number of nitrogens with zero attached hydrogens (tertiary/aromatic N) is 4. The first kappa shape index (κ1) is 12.6. The highest BCUT2D eigenvalue weighted by Crippen LogP contribution is 2.33. The highest BCUT2D eigenvalue weighted by Gasteiger charge is 2.43. The first-order valence-corrected chi connectivity index (χ1v) is 6.69. The van der Waals surface area contributed by atoms with E-state index in [0.717, 1.165) is 25.1 Å². The molecule has 1 N–H and O–H groups in total. The first-order valence-electron chi connectivity index (χ1n) is 6.32. The molecule has 0 bridgehead atoms. The quantitative estimate of drug-likeness (QED) is 0.829. The number of halogens is 1. The molecular weight excluding hydrogens is 268 g/mol. The van der Waals surface area contributed by atoms with Crippen molar-refractivity contribution in [3.05, 3.63) is 23.2 Å². The lowest BCUT2D eigenvalue weighted by atomic mass is 9.82. The number of fused-ring (bicyclic) bond motifs is 1. The Labute approximate surface area is 116 Å². The standard InChI is InChI=1S/C12H15ClN4O2/c13-11-14-3-8(4-15-11)5-17-6-9-1-2-16(12(18)19)7-10(9)17/h3-4,9-10H,1-2,5-7H2,(H,18,19)/t9-,10-/m0/s1. The van der Waals surface area contributed by atoms with Crippen molar-refractivity contribution in [2.75, 3.05) is 19.6 Å². The molecule has 0 unspecified atom stereocenters. The van der Waals surface area contributed by atoms with Crippen LogP contribution in [0.4, 0.5) is 4.79 Å². The van der Waals surface area contributed by atoms with E-state index in [1.165, 1.54) is 4.90 Å². The topological polar surface area (TPSA) is 69.6 Å². The van der Waals surface area contributed by atoms with Crippen LogP contribution in [0.25, 0.3) is 0 Å². The van der Waals surface area contributed by atoms with Gasteiger partial charge in [-0.1, -0.05) is 0 Å². The number of likely N-dealkylation sites (tertiary alicyclic amines) is 2. The summed E-state index contributed by atoms with van der Waals surface area (Å²) in [5.74, 6) is 0.629. The average Bonchev–Trinajstić information content (AvgIpc) is 2.38. The van der Waals surface area contributed by atoms with Gasteiger partial charge in [0.1, 0.15) is 0 Å². The number of hydrogen-bond acceptors (Lipinski definition) is 4. The maximum absolute atomic E-state index is 11.0. The van der Waals surface area contributed by atoms with Crippen molar-refractivity contribution >= 4 is 17.7 Å². The molecule has 0 aromatic carbocycles. The Morgan fingerprint density at radius 2 is 2.16 bits per heavy atom. The van der Waals surface area contributed by atoms with Crippen molar-refractivity contribution in [2.24, 2.45) is 5.92 Å². The van der Waals surface area contributed by atoms with Crippen LogP contribution in [0.3, 0.4) is 0 Å². The van der Waals surface area contributed by atoms with Crippen molar-refractivity contribution in [1.82, 2.24) is 19.8 Å². The minimum absolute atomic E-state index is 0.250. The number of rotatable bonds is 2. The van der Waals surface area contributed by atoms with E-state index in [1.54, 1.807) is 12.4 Å². The molecule has 0 radical (unpaired) electrons. The van der Waals surface area contributed by atoms with Crippen LogP contribution in [-0.4, -0.2) is 56.6 Å². The molecule has 0 aliphatic carbocycles. The molecule has 6 nitrogen and oxygen atoms in total. The summed E-state index contributed by atoms with van der Waals surface area (Å²) in [5, 5.41) is 9.30. The summed E-state index contributed by atoms with van der Waals surface area (Å²) < 4.78 is 0. The van der Waals surface area contributed by atoms with Crippen LogP contribution < -0.4 is 0 Å². The van der Waals surface area contributed by atoms with Crippen molar-refractivity contribution < 1.29 is 9.90 Å². The summed E-state index contributed by atoms with van der Waals surface area (Å²) in [4.78, 5) is 22.7. The fraction of sp³-hybridized carbons (Fsp3) is 0.583. The molecule has 7 heteroatoms. The first-order chi connectivity index (χ1) is 9.13. The Balaban J connectivity index is 1.61. The zero-order valence-electron chi connectivity index (χ0n) is 10.4. The molecule has 19 heavy (non-hydrogen) atoms. The number of piperidine rings is 1. The second kappa shape index (κ2) is 4.94. The third-order valence-corrected chi connectivity index (χ3v) is 4.18. The van der Waals surface area contributed by atoms with Gasteiger partial charge >= 0.3 is 6.09 Å². The van der Waals surface area contributed by atoms with E-state index in [0.29, 0.717) is 25.0 Å². The number of carbonyl (C=O) groups is 1. The predicted octanol–water partition coefficient (Wildman–Crippen LogP) is 1.31. The minimum Gasteiger partial charge on any atom is -0.465 e. The molecule has 0 spiro atoms.